The van der Waals surface area contributed by atoms with Crippen LogP contribution in [-0.2, 0) is 6.42 Å². The topological polar surface area (TPSA) is 15.3 Å². The Morgan fingerprint density at radius 1 is 1.42 bits per heavy atom. The van der Waals surface area contributed by atoms with Crippen molar-refractivity contribution >= 4 is 0 Å². The van der Waals surface area contributed by atoms with E-state index in [0.29, 0.717) is 12.1 Å². The molecule has 2 nitrogen and oxygen atoms in total. The first kappa shape index (κ1) is 13.1. The van der Waals surface area contributed by atoms with Crippen molar-refractivity contribution in [1.82, 2.24) is 10.2 Å². The summed E-state index contributed by atoms with van der Waals surface area (Å²) in [6.07, 6.45) is 3.62. The van der Waals surface area contributed by atoms with E-state index in [9.17, 15) is 4.39 Å². The fourth-order valence-electron chi connectivity index (χ4n) is 3.57. The molecule has 2 fully saturated rings. The number of rotatable bonds is 3. The summed E-state index contributed by atoms with van der Waals surface area (Å²) in [5.41, 5.74) is 1.11. The molecular weight excluding hydrogens is 239 g/mol. The zero-order valence-corrected chi connectivity index (χ0v) is 11.6. The Labute approximate surface area is 115 Å². The number of fused-ring (bicyclic) bond motifs is 1. The van der Waals surface area contributed by atoms with Gasteiger partial charge in [-0.2, -0.15) is 0 Å². The van der Waals surface area contributed by atoms with E-state index >= 15 is 0 Å². The molecule has 3 rings (SSSR count). The molecule has 1 aromatic rings. The highest BCUT2D eigenvalue weighted by Crippen LogP contribution is 2.27. The molecule has 3 atom stereocenters. The number of likely N-dealkylation sites (tertiary alicyclic amines) is 1. The Bertz CT molecular complexity index is 421. The number of halogens is 1. The second kappa shape index (κ2) is 5.59. The SMILES string of the molecule is CC(Cc1cccc(F)c1)N1C[C@@H]2CCCN[C@@H]2C1. The first-order chi connectivity index (χ1) is 9.22. The predicted octanol–water partition coefficient (Wildman–Crippen LogP) is 2.44. The minimum absolute atomic E-state index is 0.124. The van der Waals surface area contributed by atoms with Gasteiger partial charge in [-0.3, -0.25) is 4.90 Å². The van der Waals surface area contributed by atoms with E-state index in [2.05, 4.69) is 17.1 Å². The molecule has 1 N–H and O–H groups in total. The molecule has 0 amide bonds. The van der Waals surface area contributed by atoms with Crippen LogP contribution >= 0.6 is 0 Å². The van der Waals surface area contributed by atoms with Gasteiger partial charge in [-0.1, -0.05) is 12.1 Å². The second-order valence-electron chi connectivity index (χ2n) is 6.10. The lowest BCUT2D eigenvalue weighted by Gasteiger charge is -2.25. The molecule has 0 aliphatic carbocycles. The van der Waals surface area contributed by atoms with E-state index in [4.69, 9.17) is 0 Å². The monoisotopic (exact) mass is 262 g/mol. The smallest absolute Gasteiger partial charge is 0.123 e. The molecule has 19 heavy (non-hydrogen) atoms. The number of hydrogen-bond acceptors (Lipinski definition) is 2. The van der Waals surface area contributed by atoms with Gasteiger partial charge in [-0.15, -0.1) is 0 Å². The van der Waals surface area contributed by atoms with Gasteiger partial charge in [0.15, 0.2) is 0 Å². The average molecular weight is 262 g/mol. The Morgan fingerprint density at radius 3 is 3.11 bits per heavy atom. The molecule has 0 aromatic heterocycles. The molecule has 104 valence electrons. The van der Waals surface area contributed by atoms with Gasteiger partial charge in [0.1, 0.15) is 5.82 Å². The van der Waals surface area contributed by atoms with E-state index in [1.807, 2.05) is 12.1 Å². The van der Waals surface area contributed by atoms with Gasteiger partial charge in [0.05, 0.1) is 0 Å². The molecule has 2 heterocycles. The zero-order valence-electron chi connectivity index (χ0n) is 11.6. The highest BCUT2D eigenvalue weighted by molar-refractivity contribution is 5.17. The van der Waals surface area contributed by atoms with Gasteiger partial charge in [0, 0.05) is 25.2 Å². The van der Waals surface area contributed by atoms with E-state index < -0.39 is 0 Å². The minimum Gasteiger partial charge on any atom is -0.312 e. The molecule has 3 heteroatoms. The fourth-order valence-corrected chi connectivity index (χ4v) is 3.57. The summed E-state index contributed by atoms with van der Waals surface area (Å²) in [5, 5.41) is 3.64. The van der Waals surface area contributed by atoms with Gasteiger partial charge >= 0.3 is 0 Å². The maximum absolute atomic E-state index is 13.2. The molecule has 1 aromatic carbocycles. The lowest BCUT2D eigenvalue weighted by atomic mass is 9.94. The van der Waals surface area contributed by atoms with Crippen molar-refractivity contribution in [2.75, 3.05) is 19.6 Å². The van der Waals surface area contributed by atoms with Crippen LogP contribution in [0.4, 0.5) is 4.39 Å². The lowest BCUT2D eigenvalue weighted by Crippen LogP contribution is -2.41. The Hall–Kier alpha value is -0.930. The summed E-state index contributed by atoms with van der Waals surface area (Å²) in [5.74, 6) is 0.699. The second-order valence-corrected chi connectivity index (χ2v) is 6.10. The fraction of sp³-hybridized carbons (Fsp3) is 0.625. The van der Waals surface area contributed by atoms with Gasteiger partial charge in [-0.05, 0) is 56.3 Å². The van der Waals surface area contributed by atoms with Crippen molar-refractivity contribution in [3.05, 3.63) is 35.6 Å². The Morgan fingerprint density at radius 2 is 2.32 bits per heavy atom. The molecular formula is C16H23FN2. The summed E-state index contributed by atoms with van der Waals surface area (Å²) in [7, 11) is 0. The van der Waals surface area contributed by atoms with Crippen LogP contribution in [0.15, 0.2) is 24.3 Å². The molecule has 1 unspecified atom stereocenters. The summed E-state index contributed by atoms with van der Waals surface area (Å²) < 4.78 is 13.2. The van der Waals surface area contributed by atoms with Gasteiger partial charge in [0.25, 0.3) is 0 Å². The number of benzene rings is 1. The van der Waals surface area contributed by atoms with Crippen LogP contribution in [0, 0.1) is 11.7 Å². The summed E-state index contributed by atoms with van der Waals surface area (Å²) in [4.78, 5) is 2.57. The van der Waals surface area contributed by atoms with E-state index in [-0.39, 0.29) is 5.82 Å². The maximum atomic E-state index is 13.2. The van der Waals surface area contributed by atoms with E-state index in [1.54, 1.807) is 6.07 Å². The third-order valence-electron chi connectivity index (χ3n) is 4.67. The van der Waals surface area contributed by atoms with E-state index in [1.165, 1.54) is 32.0 Å². The molecule has 0 saturated carbocycles. The minimum atomic E-state index is -0.124. The molecule has 0 spiro atoms. The summed E-state index contributed by atoms with van der Waals surface area (Å²) in [6, 6.07) is 8.20. The third kappa shape index (κ3) is 2.98. The largest absolute Gasteiger partial charge is 0.312 e. The Balaban J connectivity index is 1.60. The highest BCUT2D eigenvalue weighted by Gasteiger charge is 2.35. The normalized spacial score (nSPS) is 29.2. The average Bonchev–Trinajstić information content (AvgIpc) is 2.82. The van der Waals surface area contributed by atoms with Crippen LogP contribution in [-0.4, -0.2) is 36.6 Å². The number of nitrogens with one attached hydrogen (secondary N) is 1. The molecule has 2 aliphatic heterocycles. The van der Waals surface area contributed by atoms with Crippen molar-refractivity contribution in [2.45, 2.75) is 38.3 Å². The molecule has 0 bridgehead atoms. The maximum Gasteiger partial charge on any atom is 0.123 e. The highest BCUT2D eigenvalue weighted by atomic mass is 19.1. The summed E-state index contributed by atoms with van der Waals surface area (Å²) >= 11 is 0. The van der Waals surface area contributed by atoms with Crippen molar-refractivity contribution in [2.24, 2.45) is 5.92 Å². The molecule has 2 saturated heterocycles. The quantitative estimate of drug-likeness (QED) is 0.900. The number of hydrogen-bond donors (Lipinski definition) is 1. The van der Waals surface area contributed by atoms with Crippen LogP contribution < -0.4 is 5.32 Å². The van der Waals surface area contributed by atoms with Crippen molar-refractivity contribution in [3.8, 4) is 0 Å². The lowest BCUT2D eigenvalue weighted by molar-refractivity contribution is 0.246. The zero-order chi connectivity index (χ0) is 13.2. The van der Waals surface area contributed by atoms with Crippen LogP contribution in [0.25, 0.3) is 0 Å². The van der Waals surface area contributed by atoms with E-state index in [0.717, 1.165) is 24.4 Å². The van der Waals surface area contributed by atoms with Crippen LogP contribution in [0.1, 0.15) is 25.3 Å². The van der Waals surface area contributed by atoms with Gasteiger partial charge in [-0.25, -0.2) is 4.39 Å². The van der Waals surface area contributed by atoms with Crippen molar-refractivity contribution < 1.29 is 4.39 Å². The molecule has 0 radical (unpaired) electrons. The first-order valence-electron chi connectivity index (χ1n) is 7.44. The standard InChI is InChI=1S/C16H23FN2/c1-12(8-13-4-2-6-15(17)9-13)19-10-14-5-3-7-18-16(14)11-19/h2,4,6,9,12,14,16,18H,3,5,7-8,10-11H2,1H3/t12?,14-,16+/m0/s1. The number of nitrogens with zero attached hydrogens (tertiary/aromatic N) is 1. The predicted molar refractivity (Wildman–Crippen MR) is 75.7 cm³/mol. The summed E-state index contributed by atoms with van der Waals surface area (Å²) in [6.45, 7) is 5.80. The van der Waals surface area contributed by atoms with Gasteiger partial charge in [0.2, 0.25) is 0 Å². The molecule has 2 aliphatic rings. The Kier molecular flexibility index (Phi) is 3.85. The van der Waals surface area contributed by atoms with Crippen LogP contribution in [0.5, 0.6) is 0 Å². The van der Waals surface area contributed by atoms with Crippen LogP contribution in [0.2, 0.25) is 0 Å². The van der Waals surface area contributed by atoms with Crippen molar-refractivity contribution in [1.29, 1.82) is 0 Å². The third-order valence-corrected chi connectivity index (χ3v) is 4.67. The van der Waals surface area contributed by atoms with Crippen molar-refractivity contribution in [3.63, 3.8) is 0 Å². The van der Waals surface area contributed by atoms with Crippen LogP contribution in [0.3, 0.4) is 0 Å². The van der Waals surface area contributed by atoms with Gasteiger partial charge < -0.3 is 5.32 Å². The number of piperidine rings is 1. The first-order valence-corrected chi connectivity index (χ1v) is 7.44.